The third kappa shape index (κ3) is 1.72. The van der Waals surface area contributed by atoms with E-state index >= 15 is 0 Å². The molecule has 0 aliphatic carbocycles. The Balaban J connectivity index is 2.17. The molecule has 0 saturated heterocycles. The summed E-state index contributed by atoms with van der Waals surface area (Å²) < 4.78 is 14.1. The van der Waals surface area contributed by atoms with E-state index in [0.29, 0.717) is 0 Å². The van der Waals surface area contributed by atoms with E-state index in [2.05, 4.69) is 0 Å². The van der Waals surface area contributed by atoms with Gasteiger partial charge in [0.05, 0.1) is 26.9 Å². The molecule has 3 nitrogen and oxygen atoms in total. The summed E-state index contributed by atoms with van der Waals surface area (Å²) in [5.41, 5.74) is 0.275. The van der Waals surface area contributed by atoms with Gasteiger partial charge in [-0.3, -0.25) is 9.59 Å². The highest BCUT2D eigenvalue weighted by Gasteiger charge is 2.38. The van der Waals surface area contributed by atoms with Gasteiger partial charge in [-0.25, -0.2) is 9.29 Å². The van der Waals surface area contributed by atoms with Gasteiger partial charge in [0.1, 0.15) is 0 Å². The third-order valence-corrected chi connectivity index (χ3v) is 3.83. The van der Waals surface area contributed by atoms with Gasteiger partial charge in [-0.05, 0) is 24.3 Å². The van der Waals surface area contributed by atoms with Crippen LogP contribution in [0.3, 0.4) is 0 Å². The minimum Gasteiger partial charge on any atom is -0.268 e. The van der Waals surface area contributed by atoms with E-state index in [9.17, 15) is 14.0 Å². The van der Waals surface area contributed by atoms with Gasteiger partial charge in [0.25, 0.3) is 11.8 Å². The maximum atomic E-state index is 14.1. The number of carbonyl (C=O) groups excluding carboxylic acids is 2. The van der Waals surface area contributed by atoms with Gasteiger partial charge < -0.3 is 0 Å². The van der Waals surface area contributed by atoms with Crippen molar-refractivity contribution < 1.29 is 14.0 Å². The van der Waals surface area contributed by atoms with Crippen molar-refractivity contribution in [2.45, 2.75) is 0 Å². The van der Waals surface area contributed by atoms with Crippen molar-refractivity contribution in [1.82, 2.24) is 0 Å². The van der Waals surface area contributed by atoms with Crippen LogP contribution < -0.4 is 4.90 Å². The maximum Gasteiger partial charge on any atom is 0.266 e. The van der Waals surface area contributed by atoms with Crippen LogP contribution in [0.25, 0.3) is 0 Å². The molecule has 0 saturated carbocycles. The van der Waals surface area contributed by atoms with Crippen LogP contribution in [0.15, 0.2) is 36.4 Å². The largest absolute Gasteiger partial charge is 0.268 e. The SMILES string of the molecule is O=C1c2ccccc2C(=O)N1c1ccc(Cl)c(Cl)c1F. The Labute approximate surface area is 123 Å². The van der Waals surface area contributed by atoms with Crippen molar-refractivity contribution in [2.75, 3.05) is 4.90 Å². The van der Waals surface area contributed by atoms with Crippen LogP contribution in [0.4, 0.5) is 10.1 Å². The van der Waals surface area contributed by atoms with Gasteiger partial charge >= 0.3 is 0 Å². The molecule has 3 rings (SSSR count). The Morgan fingerprint density at radius 2 is 1.45 bits per heavy atom. The van der Waals surface area contributed by atoms with Crippen molar-refractivity contribution in [3.8, 4) is 0 Å². The molecule has 2 aromatic carbocycles. The number of halogens is 3. The summed E-state index contributed by atoms with van der Waals surface area (Å²) in [6, 6.07) is 8.91. The summed E-state index contributed by atoms with van der Waals surface area (Å²) in [6.45, 7) is 0. The predicted octanol–water partition coefficient (Wildman–Crippen LogP) is 3.93. The molecule has 100 valence electrons. The molecule has 0 N–H and O–H groups in total. The molecule has 2 aromatic rings. The third-order valence-electron chi connectivity index (χ3n) is 3.05. The maximum absolute atomic E-state index is 14.1. The minimum atomic E-state index is -0.895. The second-order valence-corrected chi connectivity index (χ2v) is 4.97. The Hall–Kier alpha value is -1.91. The van der Waals surface area contributed by atoms with Crippen LogP contribution in [0.1, 0.15) is 20.7 Å². The fourth-order valence-corrected chi connectivity index (χ4v) is 2.40. The van der Waals surface area contributed by atoms with E-state index in [1.54, 1.807) is 12.1 Å². The fraction of sp³-hybridized carbons (Fsp3) is 0. The molecule has 1 aliphatic rings. The second-order valence-electron chi connectivity index (χ2n) is 4.19. The average Bonchev–Trinajstić information content (AvgIpc) is 2.70. The summed E-state index contributed by atoms with van der Waals surface area (Å²) in [7, 11) is 0. The molecule has 1 aliphatic heterocycles. The summed E-state index contributed by atoms with van der Waals surface area (Å²) in [4.78, 5) is 25.2. The Morgan fingerprint density at radius 3 is 2.00 bits per heavy atom. The molecule has 0 aromatic heterocycles. The lowest BCUT2D eigenvalue weighted by molar-refractivity contribution is 0.0925. The normalized spacial score (nSPS) is 13.8. The first-order chi connectivity index (χ1) is 9.52. The molecule has 0 atom stereocenters. The lowest BCUT2D eigenvalue weighted by atomic mass is 10.1. The van der Waals surface area contributed by atoms with Gasteiger partial charge in [-0.1, -0.05) is 35.3 Å². The van der Waals surface area contributed by atoms with E-state index in [1.807, 2.05) is 0 Å². The zero-order valence-corrected chi connectivity index (χ0v) is 11.4. The highest BCUT2D eigenvalue weighted by atomic mass is 35.5. The number of imide groups is 1. The van der Waals surface area contributed by atoms with E-state index < -0.39 is 17.6 Å². The van der Waals surface area contributed by atoms with Gasteiger partial charge in [-0.15, -0.1) is 0 Å². The van der Waals surface area contributed by atoms with Crippen LogP contribution in [-0.4, -0.2) is 11.8 Å². The number of rotatable bonds is 1. The standard InChI is InChI=1S/C14H6Cl2FNO2/c15-9-5-6-10(12(17)11(9)16)18-13(19)7-3-1-2-4-8(7)14(18)20/h1-6H. The van der Waals surface area contributed by atoms with Gasteiger partial charge in [-0.2, -0.15) is 0 Å². The molecule has 0 radical (unpaired) electrons. The Morgan fingerprint density at radius 1 is 0.900 bits per heavy atom. The summed E-state index contributed by atoms with van der Waals surface area (Å²) in [5, 5.41) is -0.301. The number of fused-ring (bicyclic) bond motifs is 1. The monoisotopic (exact) mass is 309 g/mol. The Kier molecular flexibility index (Phi) is 3.00. The van der Waals surface area contributed by atoms with Gasteiger partial charge in [0.15, 0.2) is 5.82 Å². The summed E-state index contributed by atoms with van der Waals surface area (Å²) in [6.07, 6.45) is 0. The first kappa shape index (κ1) is 13.1. The van der Waals surface area contributed by atoms with Crippen LogP contribution >= 0.6 is 23.2 Å². The smallest absolute Gasteiger partial charge is 0.266 e. The summed E-state index contributed by atoms with van der Waals surface area (Å²) in [5.74, 6) is -2.06. The summed E-state index contributed by atoms with van der Waals surface area (Å²) >= 11 is 11.4. The van der Waals surface area contributed by atoms with Gasteiger partial charge in [0, 0.05) is 0 Å². The first-order valence-corrected chi connectivity index (χ1v) is 6.39. The van der Waals surface area contributed by atoms with Crippen molar-refractivity contribution in [3.05, 3.63) is 63.4 Å². The molecular weight excluding hydrogens is 304 g/mol. The quantitative estimate of drug-likeness (QED) is 0.591. The average molecular weight is 310 g/mol. The molecule has 0 fully saturated rings. The minimum absolute atomic E-state index is 0.0181. The van der Waals surface area contributed by atoms with Crippen molar-refractivity contribution in [1.29, 1.82) is 0 Å². The topological polar surface area (TPSA) is 37.4 Å². The van der Waals surface area contributed by atoms with Crippen LogP contribution in [-0.2, 0) is 0 Å². The van der Waals surface area contributed by atoms with Crippen LogP contribution in [0, 0.1) is 5.82 Å². The first-order valence-electron chi connectivity index (χ1n) is 5.63. The van der Waals surface area contributed by atoms with E-state index in [-0.39, 0.29) is 26.9 Å². The number of carbonyl (C=O) groups is 2. The van der Waals surface area contributed by atoms with Crippen molar-refractivity contribution >= 4 is 40.7 Å². The fourth-order valence-electron chi connectivity index (χ4n) is 2.10. The molecule has 2 amide bonds. The number of hydrogen-bond donors (Lipinski definition) is 0. The number of amides is 2. The zero-order chi connectivity index (χ0) is 14.4. The van der Waals surface area contributed by atoms with Crippen molar-refractivity contribution in [2.24, 2.45) is 0 Å². The van der Waals surface area contributed by atoms with Crippen molar-refractivity contribution in [3.63, 3.8) is 0 Å². The second kappa shape index (κ2) is 4.58. The zero-order valence-electron chi connectivity index (χ0n) is 9.86. The molecule has 0 bridgehead atoms. The molecule has 1 heterocycles. The molecule has 6 heteroatoms. The lowest BCUT2D eigenvalue weighted by Crippen LogP contribution is -2.30. The van der Waals surface area contributed by atoms with Gasteiger partial charge in [0.2, 0.25) is 0 Å². The highest BCUT2D eigenvalue weighted by Crippen LogP contribution is 2.35. The van der Waals surface area contributed by atoms with E-state index in [4.69, 9.17) is 23.2 Å². The molecule has 0 spiro atoms. The number of anilines is 1. The lowest BCUT2D eigenvalue weighted by Gasteiger charge is -2.15. The number of nitrogens with zero attached hydrogens (tertiary/aromatic N) is 1. The van der Waals surface area contributed by atoms with E-state index in [0.717, 1.165) is 4.90 Å². The molecule has 0 unspecified atom stereocenters. The molecule has 20 heavy (non-hydrogen) atoms. The van der Waals surface area contributed by atoms with Crippen LogP contribution in [0.5, 0.6) is 0 Å². The predicted molar refractivity (Wildman–Crippen MR) is 74.0 cm³/mol. The highest BCUT2D eigenvalue weighted by molar-refractivity contribution is 6.42. The Bertz CT molecular complexity index is 726. The number of benzene rings is 2. The number of hydrogen-bond acceptors (Lipinski definition) is 2. The van der Waals surface area contributed by atoms with Crippen LogP contribution in [0.2, 0.25) is 10.0 Å². The molecular formula is C14H6Cl2FNO2. The van der Waals surface area contributed by atoms with E-state index in [1.165, 1.54) is 24.3 Å².